The standard InChI is InChI=1S/C42H53N5O9S/c1-39(17-18-39)56-38(51)44-31-10-8-6-4-5-7-9-26-22-42(26,37(50)46-57(52,53)40(2)19-20-40)45-35(48)32-23-41(24-47(32)36(31)49)16-15-28-29-21-27(54-3)13-14-30(29)43-33(25-11-12-25)34(28)55-41/h7,9,13-14,21,25-26,31-32H,4-6,8,10-12,15-20,22-24H2,1-3H3,(H,44,51)(H,45,48)(H,46,50)/b9-7-/t26-,31+,32+,41-,42-/m1/s1. The normalized spacial score (nSPS) is 31.9. The van der Waals surface area contributed by atoms with E-state index in [-0.39, 0.29) is 25.3 Å². The number of benzene rings is 1. The van der Waals surface area contributed by atoms with Crippen LogP contribution in [0.3, 0.4) is 0 Å². The number of nitrogens with zero attached hydrogens (tertiary/aromatic N) is 2. The van der Waals surface area contributed by atoms with Crippen LogP contribution in [0, 0.1) is 5.92 Å². The molecule has 4 saturated carbocycles. The second-order valence-corrected chi connectivity index (χ2v) is 20.4. The van der Waals surface area contributed by atoms with Crippen LogP contribution in [0.1, 0.15) is 121 Å². The van der Waals surface area contributed by atoms with Gasteiger partial charge >= 0.3 is 6.09 Å². The van der Waals surface area contributed by atoms with Gasteiger partial charge in [0.05, 0.1) is 29.6 Å². The van der Waals surface area contributed by atoms with Crippen LogP contribution in [-0.2, 0) is 35.6 Å². The average Bonchev–Trinajstić information content (AvgIpc) is 4.00. The molecule has 3 aliphatic heterocycles. The van der Waals surface area contributed by atoms with Gasteiger partial charge in [-0.25, -0.2) is 18.2 Å². The van der Waals surface area contributed by atoms with Crippen LogP contribution >= 0.6 is 0 Å². The van der Waals surface area contributed by atoms with E-state index in [0.717, 1.165) is 60.7 Å². The molecule has 7 aliphatic rings. The molecule has 1 aromatic carbocycles. The maximum atomic E-state index is 14.9. The van der Waals surface area contributed by atoms with Crippen molar-refractivity contribution in [1.29, 1.82) is 0 Å². The summed E-state index contributed by atoms with van der Waals surface area (Å²) < 4.78 is 46.1. The van der Waals surface area contributed by atoms with Crippen LogP contribution in [-0.4, -0.2) is 89.3 Å². The molecule has 4 aliphatic carbocycles. The highest BCUT2D eigenvalue weighted by molar-refractivity contribution is 7.91. The van der Waals surface area contributed by atoms with Gasteiger partial charge in [0.1, 0.15) is 40.3 Å². The van der Waals surface area contributed by atoms with E-state index in [2.05, 4.69) is 15.4 Å². The lowest BCUT2D eigenvalue weighted by atomic mass is 9.86. The van der Waals surface area contributed by atoms with Gasteiger partial charge in [-0.15, -0.1) is 0 Å². The maximum absolute atomic E-state index is 14.9. The van der Waals surface area contributed by atoms with Crippen molar-refractivity contribution in [1.82, 2.24) is 25.2 Å². The second kappa shape index (κ2) is 13.6. The molecule has 5 atom stereocenters. The number of allylic oxidation sites excluding steroid dienone is 1. The van der Waals surface area contributed by atoms with Crippen molar-refractivity contribution in [3.05, 3.63) is 41.6 Å². The van der Waals surface area contributed by atoms with Crippen LogP contribution in [0.2, 0.25) is 0 Å². The summed E-state index contributed by atoms with van der Waals surface area (Å²) in [5.41, 5.74) is -0.256. The van der Waals surface area contributed by atoms with Gasteiger partial charge in [0, 0.05) is 29.2 Å². The molecule has 4 heterocycles. The van der Waals surface area contributed by atoms with Crippen molar-refractivity contribution < 1.29 is 41.8 Å². The van der Waals surface area contributed by atoms with E-state index in [9.17, 15) is 27.6 Å². The Kier molecular flexibility index (Phi) is 9.09. The predicted octanol–water partition coefficient (Wildman–Crippen LogP) is 4.83. The van der Waals surface area contributed by atoms with Crippen LogP contribution in [0.4, 0.5) is 4.79 Å². The van der Waals surface area contributed by atoms with Crippen molar-refractivity contribution in [2.75, 3.05) is 13.7 Å². The lowest BCUT2D eigenvalue weighted by Gasteiger charge is -2.37. The van der Waals surface area contributed by atoms with Gasteiger partial charge < -0.3 is 29.7 Å². The van der Waals surface area contributed by atoms with Gasteiger partial charge in [0.2, 0.25) is 21.8 Å². The predicted molar refractivity (Wildman–Crippen MR) is 209 cm³/mol. The van der Waals surface area contributed by atoms with Crippen molar-refractivity contribution >= 4 is 44.7 Å². The first-order chi connectivity index (χ1) is 27.2. The monoisotopic (exact) mass is 803 g/mol. The minimum Gasteiger partial charge on any atom is -0.497 e. The van der Waals surface area contributed by atoms with Crippen molar-refractivity contribution in [3.8, 4) is 11.5 Å². The highest BCUT2D eigenvalue weighted by atomic mass is 32.2. The Labute approximate surface area is 333 Å². The SMILES string of the molecule is COc1ccc2nc(C3CC3)c3c(c2c1)CC[C@]1(C[C@H]2C(=O)N[C@]4(C(=O)NS(=O)(=O)C5(C)CC5)C[C@H]4/C=C\CCCCC[C@H](NC(=O)OC4(C)CC4)C(=O)N2C1)O3. The number of rotatable bonds is 7. The summed E-state index contributed by atoms with van der Waals surface area (Å²) in [5.74, 6) is -0.535. The first-order valence-corrected chi connectivity index (χ1v) is 22.2. The van der Waals surface area contributed by atoms with Crippen LogP contribution in [0.15, 0.2) is 30.4 Å². The van der Waals surface area contributed by atoms with E-state index in [1.165, 1.54) is 4.90 Å². The number of carbonyl (C=O) groups is 4. The van der Waals surface area contributed by atoms with Gasteiger partial charge in [0.25, 0.3) is 5.91 Å². The number of hydrogen-bond donors (Lipinski definition) is 3. The molecule has 1 saturated heterocycles. The number of fused-ring (bicyclic) bond motifs is 5. The fourth-order valence-corrected chi connectivity index (χ4v) is 10.3. The molecule has 0 radical (unpaired) electrons. The number of ether oxygens (including phenoxy) is 3. The minimum atomic E-state index is -3.99. The van der Waals surface area contributed by atoms with Gasteiger partial charge in [-0.05, 0) is 109 Å². The summed E-state index contributed by atoms with van der Waals surface area (Å²) in [6.07, 6.45) is 12.4. The Bertz CT molecular complexity index is 2180. The van der Waals surface area contributed by atoms with E-state index in [1.807, 2.05) is 37.3 Å². The highest BCUT2D eigenvalue weighted by Crippen LogP contribution is 2.52. The summed E-state index contributed by atoms with van der Waals surface area (Å²) >= 11 is 0. The molecule has 15 heteroatoms. The number of carbonyl (C=O) groups excluding carboxylic acids is 4. The molecule has 1 spiro atoms. The van der Waals surface area contributed by atoms with Crippen molar-refractivity contribution in [2.45, 2.75) is 150 Å². The summed E-state index contributed by atoms with van der Waals surface area (Å²) in [6, 6.07) is 3.80. The lowest BCUT2D eigenvalue weighted by molar-refractivity contribution is -0.141. The molecule has 9 rings (SSSR count). The zero-order chi connectivity index (χ0) is 40.0. The molecule has 0 bridgehead atoms. The number of methoxy groups -OCH3 is 1. The molecule has 2 aromatic rings. The van der Waals surface area contributed by atoms with Crippen LogP contribution in [0.25, 0.3) is 10.9 Å². The number of nitrogens with one attached hydrogen (secondary N) is 3. The molecule has 306 valence electrons. The zero-order valence-corrected chi connectivity index (χ0v) is 33.8. The van der Waals surface area contributed by atoms with Gasteiger partial charge in [-0.3, -0.25) is 19.1 Å². The van der Waals surface area contributed by atoms with E-state index in [0.29, 0.717) is 56.4 Å². The van der Waals surface area contributed by atoms with Crippen LogP contribution < -0.4 is 24.8 Å². The Morgan fingerprint density at radius 1 is 1.02 bits per heavy atom. The number of aromatic nitrogens is 1. The second-order valence-electron chi connectivity index (χ2n) is 18.2. The van der Waals surface area contributed by atoms with E-state index < -0.39 is 73.3 Å². The topological polar surface area (TPSA) is 182 Å². The number of sulfonamides is 1. The minimum absolute atomic E-state index is 0.0732. The number of hydrogen-bond acceptors (Lipinski definition) is 10. The molecule has 4 amide bonds. The fraction of sp³-hybridized carbons (Fsp3) is 0.643. The average molecular weight is 804 g/mol. The molecule has 14 nitrogen and oxygen atoms in total. The highest BCUT2D eigenvalue weighted by Gasteiger charge is 2.64. The number of pyridine rings is 1. The zero-order valence-electron chi connectivity index (χ0n) is 33.0. The molecule has 0 unspecified atom stereocenters. The quantitative estimate of drug-likeness (QED) is 0.328. The Hall–Kier alpha value is -4.40. The largest absolute Gasteiger partial charge is 0.497 e. The first kappa shape index (κ1) is 38.1. The van der Waals surface area contributed by atoms with Gasteiger partial charge in [-0.1, -0.05) is 25.0 Å². The summed E-state index contributed by atoms with van der Waals surface area (Å²) in [5, 5.41) is 6.77. The smallest absolute Gasteiger partial charge is 0.408 e. The van der Waals surface area contributed by atoms with E-state index >= 15 is 0 Å². The van der Waals surface area contributed by atoms with Crippen molar-refractivity contribution in [3.63, 3.8) is 0 Å². The molecule has 3 N–H and O–H groups in total. The first-order valence-electron chi connectivity index (χ1n) is 20.7. The third kappa shape index (κ3) is 7.11. The molecule has 57 heavy (non-hydrogen) atoms. The fourth-order valence-electron chi connectivity index (χ4n) is 8.97. The molecule has 5 fully saturated rings. The maximum Gasteiger partial charge on any atom is 0.408 e. The van der Waals surface area contributed by atoms with Gasteiger partial charge in [-0.2, -0.15) is 0 Å². The van der Waals surface area contributed by atoms with Crippen molar-refractivity contribution in [2.24, 2.45) is 5.92 Å². The lowest BCUT2D eigenvalue weighted by Crippen LogP contribution is -2.58. The summed E-state index contributed by atoms with van der Waals surface area (Å²) in [7, 11) is -2.36. The van der Waals surface area contributed by atoms with E-state index in [1.54, 1.807) is 14.0 Å². The number of amides is 4. The molecular formula is C42H53N5O9S. The van der Waals surface area contributed by atoms with Gasteiger partial charge in [0.15, 0.2) is 0 Å². The van der Waals surface area contributed by atoms with E-state index in [4.69, 9.17) is 19.2 Å². The third-order valence-corrected chi connectivity index (χ3v) is 15.7. The third-order valence-electron chi connectivity index (χ3n) is 13.6. The summed E-state index contributed by atoms with van der Waals surface area (Å²) in [6.45, 7) is 3.54. The molecule has 1 aromatic heterocycles. The summed E-state index contributed by atoms with van der Waals surface area (Å²) in [4.78, 5) is 63.4. The Morgan fingerprint density at radius 3 is 2.53 bits per heavy atom. The van der Waals surface area contributed by atoms with Crippen LogP contribution in [0.5, 0.6) is 11.5 Å². The number of alkyl carbamates (subject to hydrolysis) is 1. The Morgan fingerprint density at radius 2 is 1.81 bits per heavy atom. The number of aryl methyl sites for hydroxylation is 1. The molecular weight excluding hydrogens is 751 g/mol. The Balaban J connectivity index is 1.06.